The summed E-state index contributed by atoms with van der Waals surface area (Å²) in [5, 5.41) is 46.1. The van der Waals surface area contributed by atoms with Gasteiger partial charge in [0.2, 0.25) is 11.9 Å². The highest BCUT2D eigenvalue weighted by atomic mass is 32.2. The number of hydrogen-bond acceptors (Lipinski definition) is 19. The maximum atomic E-state index is 14.4. The molecular formula is C26H21FN8O10S3. The Bertz CT molecular complexity index is 2100. The molecule has 250 valence electrons. The van der Waals surface area contributed by atoms with Crippen molar-refractivity contribution in [1.29, 1.82) is 0 Å². The number of nitrogens with one attached hydrogen (secondary N) is 1. The molecule has 0 saturated heterocycles. The quantitative estimate of drug-likeness (QED) is 0.0190. The van der Waals surface area contributed by atoms with Gasteiger partial charge in [-0.15, -0.1) is 18.9 Å². The average molecular weight is 721 g/mol. The van der Waals surface area contributed by atoms with Gasteiger partial charge in [-0.1, -0.05) is 28.3 Å². The summed E-state index contributed by atoms with van der Waals surface area (Å²) in [5.74, 6) is -0.715. The Morgan fingerprint density at radius 1 is 0.958 bits per heavy atom. The molecule has 0 aliphatic heterocycles. The number of hydrogen-bond donors (Lipinski definition) is 6. The van der Waals surface area contributed by atoms with Crippen LogP contribution in [0.15, 0.2) is 91.6 Å². The number of phenols is 1. The van der Waals surface area contributed by atoms with Crippen LogP contribution in [0, 0.1) is 6.08 Å². The van der Waals surface area contributed by atoms with E-state index in [4.69, 9.17) is 16.2 Å². The number of para-hydroxylation sites is 1. The minimum absolute atomic E-state index is 0.0155. The highest BCUT2D eigenvalue weighted by Gasteiger charge is 2.21. The molecule has 0 bridgehead atoms. The van der Waals surface area contributed by atoms with E-state index in [-0.39, 0.29) is 61.0 Å². The molecule has 0 radical (unpaired) electrons. The van der Waals surface area contributed by atoms with Gasteiger partial charge >= 0.3 is 6.08 Å². The predicted molar refractivity (Wildman–Crippen MR) is 169 cm³/mol. The second-order valence-corrected chi connectivity index (χ2v) is 12.1. The highest BCUT2D eigenvalue weighted by Crippen LogP contribution is 2.46. The van der Waals surface area contributed by atoms with Crippen LogP contribution in [0.5, 0.6) is 5.75 Å². The summed E-state index contributed by atoms with van der Waals surface area (Å²) in [6.07, 6.45) is -1.12. The molecule has 4 aromatic carbocycles. The van der Waals surface area contributed by atoms with E-state index >= 15 is 0 Å². The maximum Gasteiger partial charge on any atom is 0.315 e. The van der Waals surface area contributed by atoms with Gasteiger partial charge in [-0.2, -0.15) is 27.8 Å². The molecule has 1 heterocycles. The number of nitrogens with zero attached hydrogens (tertiary/aromatic N) is 6. The number of nitrogen functional groups attached to an aromatic ring is 1. The van der Waals surface area contributed by atoms with E-state index < -0.39 is 21.1 Å². The number of benzene rings is 4. The van der Waals surface area contributed by atoms with Crippen molar-refractivity contribution >= 4 is 85.3 Å². The van der Waals surface area contributed by atoms with Gasteiger partial charge in [0.15, 0.2) is 0 Å². The molecule has 18 nitrogen and oxygen atoms in total. The third kappa shape index (κ3) is 8.03. The minimum Gasteiger partial charge on any atom is -0.507 e. The first kappa shape index (κ1) is 34.6. The zero-order valence-corrected chi connectivity index (χ0v) is 26.4. The van der Waals surface area contributed by atoms with Gasteiger partial charge in [0.25, 0.3) is 10.1 Å². The number of halogens is 1. The van der Waals surface area contributed by atoms with Gasteiger partial charge in [-0.25, -0.2) is 10.5 Å². The number of fused-ring (bicyclic) bond motifs is 1. The summed E-state index contributed by atoms with van der Waals surface area (Å²) in [6, 6.07) is 16.5. The molecule has 1 aromatic heterocycles. The summed E-state index contributed by atoms with van der Waals surface area (Å²) < 4.78 is 58.1. The number of nitrogens with two attached hydrogens (primary N) is 1. The Hall–Kier alpha value is -4.75. The van der Waals surface area contributed by atoms with Crippen molar-refractivity contribution in [3.8, 4) is 5.75 Å². The first-order chi connectivity index (χ1) is 23.0. The first-order valence-electron chi connectivity index (χ1n) is 12.9. The molecule has 0 saturated carbocycles. The first-order valence-corrected chi connectivity index (χ1v) is 15.8. The van der Waals surface area contributed by atoms with Gasteiger partial charge in [0.05, 0.1) is 40.1 Å². The number of phenolic OH excluding ortho intramolecular Hbond substituents is 1. The van der Waals surface area contributed by atoms with E-state index in [0.29, 0.717) is 29.8 Å². The van der Waals surface area contributed by atoms with Gasteiger partial charge in [0.1, 0.15) is 22.0 Å². The van der Waals surface area contributed by atoms with Gasteiger partial charge in [0, 0.05) is 23.3 Å². The standard InChI is InChI=1S/C26H21FN8O10S3/c1-35(15-5-3-2-4-6-15)26-31-24(27)30-25(32-26)29-14-7-8-17(20(11-14)48(39,40)41)33-34-23-21-13(10-19(22(23)28)47-45-43-38)9-16(12-18(21)36)46-44-42-37/h2-12,36-38H,28H2,1H3,(H,39,40,41)(H,29,30,31,32). The predicted octanol–water partition coefficient (Wildman–Crippen LogP) is 6.48. The second kappa shape index (κ2) is 15.0. The summed E-state index contributed by atoms with van der Waals surface area (Å²) in [5.41, 5.74) is 6.23. The van der Waals surface area contributed by atoms with E-state index in [2.05, 4.69) is 49.2 Å². The molecule has 0 fully saturated rings. The number of azo groups is 1. The lowest BCUT2D eigenvalue weighted by molar-refractivity contribution is -0.432. The zero-order chi connectivity index (χ0) is 34.4. The fourth-order valence-corrected chi connectivity index (χ4v) is 5.78. The van der Waals surface area contributed by atoms with Crippen molar-refractivity contribution < 1.29 is 51.7 Å². The third-order valence-electron chi connectivity index (χ3n) is 6.27. The number of aromatic nitrogens is 3. The Morgan fingerprint density at radius 3 is 2.40 bits per heavy atom. The van der Waals surface area contributed by atoms with Crippen LogP contribution >= 0.6 is 24.1 Å². The van der Waals surface area contributed by atoms with Crippen LogP contribution < -0.4 is 16.0 Å². The van der Waals surface area contributed by atoms with Crippen molar-refractivity contribution in [3.63, 3.8) is 0 Å². The number of anilines is 5. The molecule has 0 aliphatic rings. The molecule has 0 aliphatic carbocycles. The molecule has 0 unspecified atom stereocenters. The normalized spacial score (nSPS) is 11.8. The van der Waals surface area contributed by atoms with E-state index in [9.17, 15) is 22.5 Å². The lowest BCUT2D eigenvalue weighted by atomic mass is 10.1. The lowest BCUT2D eigenvalue weighted by Gasteiger charge is -2.17. The molecule has 22 heteroatoms. The molecule has 5 rings (SSSR count). The van der Waals surface area contributed by atoms with Crippen molar-refractivity contribution in [2.45, 2.75) is 14.7 Å². The Morgan fingerprint density at radius 2 is 1.69 bits per heavy atom. The summed E-state index contributed by atoms with van der Waals surface area (Å²) in [6.45, 7) is 0. The maximum absolute atomic E-state index is 14.4. The molecule has 0 amide bonds. The van der Waals surface area contributed by atoms with E-state index in [1.165, 1.54) is 35.2 Å². The SMILES string of the molecule is CN(c1ccccc1)c1nc(F)nc(Nc2ccc(N=Nc3c(N)c(SOOO)cc4cc(SOOO)cc(O)c34)c(S(=O)(=O)O)c2)n1. The highest BCUT2D eigenvalue weighted by molar-refractivity contribution is 7.95. The van der Waals surface area contributed by atoms with Gasteiger partial charge in [-0.05, 0) is 53.9 Å². The zero-order valence-electron chi connectivity index (χ0n) is 24.0. The fraction of sp³-hybridized carbons (Fsp3) is 0.0385. The van der Waals surface area contributed by atoms with Gasteiger partial charge < -0.3 is 21.1 Å². The van der Waals surface area contributed by atoms with Crippen LogP contribution in [-0.4, -0.2) is 50.6 Å². The Balaban J connectivity index is 1.53. The summed E-state index contributed by atoms with van der Waals surface area (Å²) in [7, 11) is -3.33. The summed E-state index contributed by atoms with van der Waals surface area (Å²) >= 11 is 1.01. The molecule has 7 N–H and O–H groups in total. The second-order valence-electron chi connectivity index (χ2n) is 9.23. The minimum atomic E-state index is -4.94. The molecule has 0 spiro atoms. The molecule has 5 aromatic rings. The molecule has 48 heavy (non-hydrogen) atoms. The van der Waals surface area contributed by atoms with E-state index in [0.717, 1.165) is 6.07 Å². The van der Waals surface area contributed by atoms with Crippen LogP contribution in [-0.2, 0) is 28.9 Å². The largest absolute Gasteiger partial charge is 0.507 e. The smallest absolute Gasteiger partial charge is 0.315 e. The number of aromatic hydroxyl groups is 1. The van der Waals surface area contributed by atoms with Crippen molar-refractivity contribution in [1.82, 2.24) is 15.0 Å². The van der Waals surface area contributed by atoms with Crippen molar-refractivity contribution in [3.05, 3.63) is 72.8 Å². The third-order valence-corrected chi connectivity index (χ3v) is 8.36. The van der Waals surface area contributed by atoms with Crippen molar-refractivity contribution in [2.75, 3.05) is 23.0 Å². The van der Waals surface area contributed by atoms with Crippen LogP contribution in [0.4, 0.5) is 44.7 Å². The van der Waals surface area contributed by atoms with E-state index in [1.54, 1.807) is 37.4 Å². The Labute approximate surface area is 277 Å². The molecule has 0 atom stereocenters. The van der Waals surface area contributed by atoms with Crippen LogP contribution in [0.2, 0.25) is 0 Å². The average Bonchev–Trinajstić information content (AvgIpc) is 3.06. The van der Waals surface area contributed by atoms with E-state index in [1.807, 2.05) is 0 Å². The van der Waals surface area contributed by atoms with Crippen molar-refractivity contribution in [2.24, 2.45) is 10.2 Å². The van der Waals surface area contributed by atoms with Gasteiger partial charge in [-0.3, -0.25) is 4.55 Å². The molecular weight excluding hydrogens is 700 g/mol. The number of rotatable bonds is 13. The van der Waals surface area contributed by atoms with Crippen LogP contribution in [0.25, 0.3) is 10.8 Å². The van der Waals surface area contributed by atoms with Crippen LogP contribution in [0.3, 0.4) is 0 Å². The monoisotopic (exact) mass is 720 g/mol. The van der Waals surface area contributed by atoms with Crippen LogP contribution in [0.1, 0.15) is 0 Å². The Kier molecular flexibility index (Phi) is 10.8. The topological polar surface area (TPSA) is 257 Å². The summed E-state index contributed by atoms with van der Waals surface area (Å²) in [4.78, 5) is 12.7. The lowest BCUT2D eigenvalue weighted by Crippen LogP contribution is -2.15. The fourth-order valence-electron chi connectivity index (χ4n) is 4.22.